The van der Waals surface area contributed by atoms with Crippen LogP contribution in [0.4, 0.5) is 0 Å². The molecule has 10 nitrogen and oxygen atoms in total. The van der Waals surface area contributed by atoms with Gasteiger partial charge in [0, 0.05) is 38.0 Å². The predicted molar refractivity (Wildman–Crippen MR) is 219 cm³/mol. The van der Waals surface area contributed by atoms with Gasteiger partial charge in [0.05, 0.1) is 23.7 Å². The molecule has 3 aliphatic carbocycles. The van der Waals surface area contributed by atoms with Gasteiger partial charge < -0.3 is 24.7 Å². The van der Waals surface area contributed by atoms with E-state index >= 15 is 0 Å². The molecule has 316 valence electrons. The summed E-state index contributed by atoms with van der Waals surface area (Å²) in [6.07, 6.45) is 18.9. The van der Waals surface area contributed by atoms with Crippen LogP contribution in [0.2, 0.25) is 0 Å². The maximum absolute atomic E-state index is 13.1. The molecular formula is C46H74N2O8. The van der Waals surface area contributed by atoms with E-state index in [-0.39, 0.29) is 31.3 Å². The minimum atomic E-state index is -0.658. The summed E-state index contributed by atoms with van der Waals surface area (Å²) in [5.74, 6) is 0.393. The van der Waals surface area contributed by atoms with Crippen LogP contribution in [0.5, 0.6) is 0 Å². The number of hydroxylamine groups is 2. The molecule has 3 saturated carbocycles. The van der Waals surface area contributed by atoms with Gasteiger partial charge >= 0.3 is 5.97 Å². The van der Waals surface area contributed by atoms with Gasteiger partial charge in [-0.05, 0) is 133 Å². The van der Waals surface area contributed by atoms with Crippen LogP contribution in [0.1, 0.15) is 165 Å². The molecule has 0 radical (unpaired) electrons. The van der Waals surface area contributed by atoms with E-state index in [0.29, 0.717) is 54.9 Å². The van der Waals surface area contributed by atoms with Gasteiger partial charge in [-0.3, -0.25) is 14.4 Å². The first kappa shape index (κ1) is 45.9. The van der Waals surface area contributed by atoms with Crippen LogP contribution < -0.4 is 5.32 Å². The molecule has 1 unspecified atom stereocenters. The van der Waals surface area contributed by atoms with Crippen molar-refractivity contribution in [3.05, 3.63) is 35.5 Å². The lowest BCUT2D eigenvalue weighted by Gasteiger charge is -2.44. The first-order chi connectivity index (χ1) is 26.2. The molecule has 4 rings (SSSR count). The number of carbonyl (C=O) groups excluding carboxylic acids is 4. The topological polar surface area (TPSA) is 131 Å². The number of fused-ring (bicyclic) bond motifs is 1. The number of ether oxygens (including phenoxy) is 2. The van der Waals surface area contributed by atoms with Crippen molar-refractivity contribution in [3.8, 4) is 0 Å². The summed E-state index contributed by atoms with van der Waals surface area (Å²) in [6, 6.07) is 0. The number of rotatable bonds is 20. The zero-order valence-corrected chi connectivity index (χ0v) is 36.1. The van der Waals surface area contributed by atoms with Crippen molar-refractivity contribution in [1.82, 2.24) is 10.4 Å². The second kappa shape index (κ2) is 19.8. The second-order valence-electron chi connectivity index (χ2n) is 19.4. The van der Waals surface area contributed by atoms with Gasteiger partial charge in [0.2, 0.25) is 5.91 Å². The van der Waals surface area contributed by atoms with Crippen LogP contribution in [0.25, 0.3) is 0 Å². The van der Waals surface area contributed by atoms with Gasteiger partial charge in [-0.25, -0.2) is 4.79 Å². The van der Waals surface area contributed by atoms with Crippen molar-refractivity contribution < 1.29 is 38.6 Å². The summed E-state index contributed by atoms with van der Waals surface area (Å²) in [7, 11) is 0. The van der Waals surface area contributed by atoms with Crippen LogP contribution in [0, 0.1) is 28.6 Å². The Hall–Kier alpha value is -2.82. The monoisotopic (exact) mass is 783 g/mol. The molecule has 10 heteroatoms. The van der Waals surface area contributed by atoms with Gasteiger partial charge in [0.15, 0.2) is 0 Å². The summed E-state index contributed by atoms with van der Waals surface area (Å²) < 4.78 is 12.4. The number of hydrogen-bond acceptors (Lipinski definition) is 8. The molecule has 56 heavy (non-hydrogen) atoms. The highest BCUT2D eigenvalue weighted by atomic mass is 16.7. The molecule has 4 fully saturated rings. The highest BCUT2D eigenvalue weighted by Gasteiger charge is 2.50. The third-order valence-corrected chi connectivity index (χ3v) is 13.3. The zero-order valence-electron chi connectivity index (χ0n) is 36.1. The van der Waals surface area contributed by atoms with E-state index in [1.54, 1.807) is 5.57 Å². The molecule has 1 aliphatic heterocycles. The van der Waals surface area contributed by atoms with Crippen molar-refractivity contribution in [3.63, 3.8) is 0 Å². The fourth-order valence-electron chi connectivity index (χ4n) is 9.54. The highest BCUT2D eigenvalue weighted by Crippen LogP contribution is 2.60. The normalized spacial score (nSPS) is 26.9. The predicted octanol–water partition coefficient (Wildman–Crippen LogP) is 8.86. The molecule has 0 bridgehead atoms. The Kier molecular flexibility index (Phi) is 16.2. The fraction of sp³-hybridized carbons (Fsp3) is 0.783. The minimum Gasteiger partial charge on any atom is -0.390 e. The highest BCUT2D eigenvalue weighted by molar-refractivity contribution is 6.01. The number of nitrogens with one attached hydrogen (secondary N) is 1. The smallest absolute Gasteiger partial charge is 0.333 e. The van der Waals surface area contributed by atoms with Gasteiger partial charge in [0.1, 0.15) is 0 Å². The first-order valence-electron chi connectivity index (χ1n) is 21.6. The number of hydrogen-bond donors (Lipinski definition) is 2. The average molecular weight is 783 g/mol. The molecule has 5 atom stereocenters. The lowest BCUT2D eigenvalue weighted by Crippen LogP contribution is -2.39. The number of aliphatic hydroxyl groups is 1. The number of amides is 3. The van der Waals surface area contributed by atoms with Crippen LogP contribution in [0.3, 0.4) is 0 Å². The van der Waals surface area contributed by atoms with Crippen LogP contribution in [-0.2, 0) is 33.5 Å². The molecule has 0 spiro atoms. The lowest BCUT2D eigenvalue weighted by atomic mass is 9.60. The zero-order chi connectivity index (χ0) is 41.3. The number of imide groups is 1. The summed E-state index contributed by atoms with van der Waals surface area (Å²) in [5, 5.41) is 13.8. The Labute approximate surface area is 337 Å². The molecule has 0 aromatic carbocycles. The Morgan fingerprint density at radius 2 is 1.68 bits per heavy atom. The summed E-state index contributed by atoms with van der Waals surface area (Å²) in [6.45, 7) is 22.2. The molecule has 4 aliphatic rings. The average Bonchev–Trinajstić information content (AvgIpc) is 3.64. The minimum absolute atomic E-state index is 0.00574. The maximum Gasteiger partial charge on any atom is 0.333 e. The molecular weight excluding hydrogens is 709 g/mol. The largest absolute Gasteiger partial charge is 0.390 e. The van der Waals surface area contributed by atoms with E-state index < -0.39 is 34.4 Å². The third kappa shape index (κ3) is 13.1. The molecule has 2 N–H and O–H groups in total. The van der Waals surface area contributed by atoms with Crippen molar-refractivity contribution in [1.29, 1.82) is 0 Å². The molecule has 1 saturated heterocycles. The van der Waals surface area contributed by atoms with E-state index in [2.05, 4.69) is 37.9 Å². The quantitative estimate of drug-likeness (QED) is 0.0926. The molecule has 0 aromatic heterocycles. The van der Waals surface area contributed by atoms with Crippen LogP contribution in [-0.4, -0.2) is 70.9 Å². The van der Waals surface area contributed by atoms with E-state index in [0.717, 1.165) is 44.4 Å². The van der Waals surface area contributed by atoms with E-state index in [1.165, 1.54) is 49.7 Å². The second-order valence-corrected chi connectivity index (χ2v) is 19.4. The van der Waals surface area contributed by atoms with E-state index in [1.807, 2.05) is 41.5 Å². The van der Waals surface area contributed by atoms with Gasteiger partial charge in [-0.1, -0.05) is 70.4 Å². The maximum atomic E-state index is 13.1. The third-order valence-electron chi connectivity index (χ3n) is 13.3. The lowest BCUT2D eigenvalue weighted by molar-refractivity contribution is -0.198. The van der Waals surface area contributed by atoms with E-state index in [9.17, 15) is 24.3 Å². The molecule has 1 heterocycles. The van der Waals surface area contributed by atoms with Gasteiger partial charge in [-0.15, -0.1) is 5.06 Å². The Balaban J connectivity index is 1.15. The van der Waals surface area contributed by atoms with Gasteiger partial charge in [0.25, 0.3) is 11.8 Å². The first-order valence-corrected chi connectivity index (χ1v) is 21.6. The van der Waals surface area contributed by atoms with Crippen LogP contribution in [0.15, 0.2) is 35.5 Å². The molecule has 0 aromatic rings. The fourth-order valence-corrected chi connectivity index (χ4v) is 9.54. The Bertz CT molecular complexity index is 1460. The Morgan fingerprint density at radius 1 is 0.964 bits per heavy atom. The van der Waals surface area contributed by atoms with Crippen molar-refractivity contribution in [2.45, 2.75) is 182 Å². The summed E-state index contributed by atoms with van der Waals surface area (Å²) in [4.78, 5) is 53.6. The standard InChI is InChI=1S/C46H74N2O8/c1-32-15-18-36(31-35(32)17-16-34-14-11-25-46(9)37(19-20-38(34)46)33(2)13-10-24-44(5,6)53)54-29-12-28-47-42(52)43(3,4)27-30-55-45(7,8)26-23-41(51)56-48-39(49)21-22-40(48)50/h16-17,33,36-38,53H,1,10-15,18-31H2,2-9H3,(H,47,52)/b34-16+,35-17-/t33-,36+,37?,38+,46-/m1/s1. The van der Waals surface area contributed by atoms with Gasteiger partial charge in [-0.2, -0.15) is 0 Å². The van der Waals surface area contributed by atoms with Crippen LogP contribution >= 0.6 is 0 Å². The summed E-state index contributed by atoms with van der Waals surface area (Å²) >= 11 is 0. The van der Waals surface area contributed by atoms with Crippen molar-refractivity contribution in [2.75, 3.05) is 19.8 Å². The summed E-state index contributed by atoms with van der Waals surface area (Å²) in [5.41, 5.74) is 2.64. The number of nitrogens with zero attached hydrogens (tertiary/aromatic N) is 1. The SMILES string of the molecule is C=C1CC[C@H](OCCCNC(=O)C(C)(C)CCOC(C)(C)CCC(=O)ON2C(=O)CCC2=O)C/C1=C/C=C1\CCC[C@]2(C)C([C@H](C)CCCC(C)(C)O)CC[C@@H]12. The van der Waals surface area contributed by atoms with Crippen molar-refractivity contribution >= 4 is 23.7 Å². The van der Waals surface area contributed by atoms with E-state index in [4.69, 9.17) is 14.3 Å². The Morgan fingerprint density at radius 3 is 2.38 bits per heavy atom. The van der Waals surface area contributed by atoms with Crippen molar-refractivity contribution in [2.24, 2.45) is 28.6 Å². The number of allylic oxidation sites excluding steroid dienone is 4. The number of carbonyl (C=O) groups is 4. The molecule has 3 amide bonds.